The van der Waals surface area contributed by atoms with Gasteiger partial charge in [0.05, 0.1) is 11.1 Å². The van der Waals surface area contributed by atoms with Gasteiger partial charge in [-0.1, -0.05) is 66.7 Å². The van der Waals surface area contributed by atoms with Crippen molar-refractivity contribution in [1.29, 1.82) is 0 Å². The van der Waals surface area contributed by atoms with Crippen LogP contribution in [0.25, 0.3) is 11.1 Å². The van der Waals surface area contributed by atoms with Crippen molar-refractivity contribution in [3.63, 3.8) is 0 Å². The summed E-state index contributed by atoms with van der Waals surface area (Å²) in [5.74, 6) is 1.72. The van der Waals surface area contributed by atoms with Crippen LogP contribution in [0.1, 0.15) is 66.2 Å². The predicted molar refractivity (Wildman–Crippen MR) is 171 cm³/mol. The number of hydrogen-bond donors (Lipinski definition) is 1. The van der Waals surface area contributed by atoms with Gasteiger partial charge in [0, 0.05) is 42.9 Å². The fraction of sp³-hybridized carbons (Fsp3) is 0.410. The Bertz CT molecular complexity index is 1700. The first kappa shape index (κ1) is 26.7. The van der Waals surface area contributed by atoms with E-state index in [1.807, 2.05) is 12.3 Å². The molecule has 5 nitrogen and oxygen atoms in total. The van der Waals surface area contributed by atoms with E-state index in [2.05, 4.69) is 77.7 Å². The summed E-state index contributed by atoms with van der Waals surface area (Å²) in [5, 5.41) is 11.2. The zero-order valence-electron chi connectivity index (χ0n) is 25.3. The van der Waals surface area contributed by atoms with Crippen molar-refractivity contribution in [3.05, 3.63) is 113 Å². The number of benzene rings is 3. The van der Waals surface area contributed by atoms with Gasteiger partial charge < -0.3 is 14.6 Å². The van der Waals surface area contributed by atoms with Crippen LogP contribution in [0.3, 0.4) is 0 Å². The number of fused-ring (bicyclic) bond motifs is 2. The van der Waals surface area contributed by atoms with Crippen molar-refractivity contribution in [2.75, 3.05) is 19.7 Å². The fourth-order valence-corrected chi connectivity index (χ4v) is 9.20. The maximum atomic E-state index is 11.2. The van der Waals surface area contributed by atoms with E-state index < -0.39 is 5.60 Å². The number of aromatic hydroxyl groups is 1. The van der Waals surface area contributed by atoms with Crippen LogP contribution in [0, 0.1) is 5.92 Å². The minimum atomic E-state index is -0.451. The maximum absolute atomic E-state index is 11.2. The molecular formula is C39H40N2O3. The van der Waals surface area contributed by atoms with Crippen molar-refractivity contribution < 1.29 is 14.6 Å². The first-order valence-electron chi connectivity index (χ1n) is 16.6. The van der Waals surface area contributed by atoms with Crippen LogP contribution in [-0.4, -0.2) is 46.3 Å². The molecule has 4 atom stereocenters. The summed E-state index contributed by atoms with van der Waals surface area (Å²) >= 11 is 0. The van der Waals surface area contributed by atoms with E-state index in [0.717, 1.165) is 75.4 Å². The van der Waals surface area contributed by atoms with E-state index in [4.69, 9.17) is 14.5 Å². The number of rotatable bonds is 9. The van der Waals surface area contributed by atoms with Gasteiger partial charge in [-0.05, 0) is 91.8 Å². The Labute approximate surface area is 259 Å². The summed E-state index contributed by atoms with van der Waals surface area (Å²) in [5.41, 5.74) is 7.64. The molecule has 3 aromatic carbocycles. The molecule has 0 amide bonds. The molecular weight excluding hydrogens is 544 g/mol. The van der Waals surface area contributed by atoms with Gasteiger partial charge in [-0.2, -0.15) is 0 Å². The Kier molecular flexibility index (Phi) is 6.18. The number of aryl methyl sites for hydroxylation is 1. The Hall–Kier alpha value is -3.67. The van der Waals surface area contributed by atoms with Gasteiger partial charge in [0.15, 0.2) is 17.6 Å². The van der Waals surface area contributed by atoms with E-state index in [-0.39, 0.29) is 23.3 Å². The molecule has 44 heavy (non-hydrogen) atoms. The van der Waals surface area contributed by atoms with Crippen molar-refractivity contribution in [2.24, 2.45) is 5.92 Å². The van der Waals surface area contributed by atoms with Crippen LogP contribution in [0.4, 0.5) is 0 Å². The average Bonchev–Trinajstić information content (AvgIpc) is 3.81. The molecule has 9 rings (SSSR count). The molecule has 1 aromatic heterocycles. The van der Waals surface area contributed by atoms with Crippen molar-refractivity contribution in [1.82, 2.24) is 9.88 Å². The molecule has 0 radical (unpaired) electrons. The van der Waals surface area contributed by atoms with Gasteiger partial charge in [0.25, 0.3) is 0 Å². The van der Waals surface area contributed by atoms with Crippen molar-refractivity contribution in [3.8, 4) is 22.6 Å². The third-order valence-corrected chi connectivity index (χ3v) is 11.4. The molecule has 5 aliphatic rings. The normalized spacial score (nSPS) is 27.8. The van der Waals surface area contributed by atoms with Crippen molar-refractivity contribution >= 4 is 0 Å². The lowest BCUT2D eigenvalue weighted by atomic mass is 9.48. The summed E-state index contributed by atoms with van der Waals surface area (Å²) in [7, 11) is 0. The predicted octanol–water partition coefficient (Wildman–Crippen LogP) is 7.20. The quantitative estimate of drug-likeness (QED) is 0.211. The number of phenolic OH excluding ortho intramolecular Hbond substituents is 1. The summed E-state index contributed by atoms with van der Waals surface area (Å²) in [6, 6.07) is 27.9. The highest BCUT2D eigenvalue weighted by molar-refractivity contribution is 5.67. The van der Waals surface area contributed by atoms with Crippen LogP contribution < -0.4 is 4.74 Å². The average molecular weight is 585 g/mol. The summed E-state index contributed by atoms with van der Waals surface area (Å²) in [6.07, 6.45) is 10.3. The van der Waals surface area contributed by atoms with Crippen LogP contribution in [0.15, 0.2) is 85.1 Å². The third kappa shape index (κ3) is 3.95. The number of ether oxygens (including phenoxy) is 2. The number of phenols is 1. The van der Waals surface area contributed by atoms with E-state index in [9.17, 15) is 5.11 Å². The number of hydrogen-bond acceptors (Lipinski definition) is 5. The van der Waals surface area contributed by atoms with Crippen molar-refractivity contribution in [2.45, 2.75) is 74.5 Å². The monoisotopic (exact) mass is 584 g/mol. The Morgan fingerprint density at radius 3 is 2.57 bits per heavy atom. The summed E-state index contributed by atoms with van der Waals surface area (Å²) in [4.78, 5) is 7.93. The Morgan fingerprint density at radius 2 is 1.75 bits per heavy atom. The van der Waals surface area contributed by atoms with Gasteiger partial charge in [-0.15, -0.1) is 0 Å². The minimum Gasteiger partial charge on any atom is -0.504 e. The lowest BCUT2D eigenvalue weighted by Crippen LogP contribution is -2.75. The molecule has 2 aliphatic heterocycles. The first-order valence-corrected chi connectivity index (χ1v) is 16.6. The van der Waals surface area contributed by atoms with E-state index in [1.54, 1.807) is 0 Å². The topological polar surface area (TPSA) is 54.8 Å². The number of piperidine rings is 1. The van der Waals surface area contributed by atoms with Gasteiger partial charge in [0.1, 0.15) is 5.60 Å². The molecule has 1 N–H and O–H groups in total. The molecule has 3 heterocycles. The summed E-state index contributed by atoms with van der Waals surface area (Å²) in [6.45, 7) is 2.91. The number of nitrogens with zero attached hydrogens (tertiary/aromatic N) is 2. The second-order valence-corrected chi connectivity index (χ2v) is 13.8. The van der Waals surface area contributed by atoms with Gasteiger partial charge >= 0.3 is 0 Å². The molecule has 2 bridgehead atoms. The molecule has 224 valence electrons. The highest BCUT2D eigenvalue weighted by atomic mass is 16.5. The highest BCUT2D eigenvalue weighted by Crippen LogP contribution is 2.69. The van der Waals surface area contributed by atoms with E-state index in [1.165, 1.54) is 40.7 Å². The standard InChI is InChI=1S/C39H40N2O3/c42-32-17-16-29-22-33-39(43-20-8-7-11-26-9-3-1-4-10-26)23-30-21-31(28-12-5-2-6-13-28)24-40-35(30)37-38(39,34(29)36(32)44-37)18-19-41(33)25-27-14-15-27/h1-6,9-10,12-13,16-17,21,24,27,33,37,42H,7-8,11,14-15,18-20,22-23,25H2/t33-,37+,38+,39-/m1/s1. The van der Waals surface area contributed by atoms with Crippen LogP contribution in [0.2, 0.25) is 0 Å². The third-order valence-electron chi connectivity index (χ3n) is 11.4. The van der Waals surface area contributed by atoms with E-state index in [0.29, 0.717) is 5.75 Å². The number of pyridine rings is 1. The van der Waals surface area contributed by atoms with Crippen LogP contribution >= 0.6 is 0 Å². The maximum Gasteiger partial charge on any atom is 0.166 e. The lowest BCUT2D eigenvalue weighted by molar-refractivity contribution is -0.205. The molecule has 1 saturated carbocycles. The number of aromatic nitrogens is 1. The Morgan fingerprint density at radius 1 is 0.932 bits per heavy atom. The SMILES string of the molecule is Oc1ccc2c3c1O[C@H]1c4ncc(-c5ccccc5)cc4C[C@@]4(OCCCCc5ccccc5)[C@@H](C2)N(CC2CC2)CC[C@]314. The molecule has 0 unspecified atom stereocenters. The van der Waals surface area contributed by atoms with Crippen LogP contribution in [0.5, 0.6) is 11.5 Å². The number of likely N-dealkylation sites (tertiary alicyclic amines) is 1. The molecule has 1 spiro atoms. The van der Waals surface area contributed by atoms with Gasteiger partial charge in [-0.3, -0.25) is 9.88 Å². The van der Waals surface area contributed by atoms with E-state index >= 15 is 0 Å². The fourth-order valence-electron chi connectivity index (χ4n) is 9.20. The smallest absolute Gasteiger partial charge is 0.166 e. The molecule has 1 saturated heterocycles. The van der Waals surface area contributed by atoms with Gasteiger partial charge in [-0.25, -0.2) is 0 Å². The Balaban J connectivity index is 1.15. The largest absolute Gasteiger partial charge is 0.504 e. The highest BCUT2D eigenvalue weighted by Gasteiger charge is 2.73. The van der Waals surface area contributed by atoms with Crippen LogP contribution in [-0.2, 0) is 29.4 Å². The molecule has 2 fully saturated rings. The molecule has 3 aliphatic carbocycles. The number of unbranched alkanes of at least 4 members (excludes halogenated alkanes) is 1. The molecule has 5 heteroatoms. The zero-order chi connectivity index (χ0) is 29.3. The first-order chi connectivity index (χ1) is 21.7. The molecule has 4 aromatic rings. The lowest BCUT2D eigenvalue weighted by Gasteiger charge is -2.64. The minimum absolute atomic E-state index is 0.241. The van der Waals surface area contributed by atoms with Gasteiger partial charge in [0.2, 0.25) is 0 Å². The summed E-state index contributed by atoms with van der Waals surface area (Å²) < 4.78 is 14.4. The second-order valence-electron chi connectivity index (χ2n) is 13.8. The zero-order valence-corrected chi connectivity index (χ0v) is 25.3. The second kappa shape index (κ2) is 10.2.